The molecule has 0 bridgehead atoms. The van der Waals surface area contributed by atoms with Crippen molar-refractivity contribution in [3.63, 3.8) is 0 Å². The molecule has 0 radical (unpaired) electrons. The topological polar surface area (TPSA) is 50.9 Å². The number of hydrogen-bond donors (Lipinski definition) is 2. The van der Waals surface area contributed by atoms with E-state index >= 15 is 0 Å². The molecule has 1 aromatic heterocycles. The Bertz CT molecular complexity index is 326. The van der Waals surface area contributed by atoms with Gasteiger partial charge in [-0.15, -0.1) is 0 Å². The second-order valence-electron chi connectivity index (χ2n) is 2.57. The van der Waals surface area contributed by atoms with Crippen LogP contribution in [0.15, 0.2) is 24.4 Å². The van der Waals surface area contributed by atoms with Gasteiger partial charge in [0.2, 0.25) is 0 Å². The molecule has 1 aromatic rings. The fourth-order valence-corrected chi connectivity index (χ4v) is 1.33. The molecule has 0 saturated heterocycles. The first-order chi connectivity index (χ1) is 6.74. The molecule has 0 unspecified atom stereocenters. The minimum atomic E-state index is 0.513. The number of nitrogens with two attached hydrogens (primary N) is 1. The highest BCUT2D eigenvalue weighted by Gasteiger charge is 2.00. The molecule has 0 aliphatic rings. The van der Waals surface area contributed by atoms with Gasteiger partial charge in [-0.2, -0.15) is 0 Å². The van der Waals surface area contributed by atoms with Gasteiger partial charge in [0, 0.05) is 19.3 Å². The second kappa shape index (κ2) is 5.86. The maximum Gasteiger partial charge on any atom is 0.145 e. The van der Waals surface area contributed by atoms with Gasteiger partial charge in [0.05, 0.1) is 10.0 Å². The molecule has 0 fully saturated rings. The summed E-state index contributed by atoms with van der Waals surface area (Å²) in [6.45, 7) is 1.18. The molecule has 14 heavy (non-hydrogen) atoms. The highest BCUT2D eigenvalue weighted by atomic mass is 35.5. The van der Waals surface area contributed by atoms with Crippen LogP contribution in [0.4, 0.5) is 5.82 Å². The van der Waals surface area contributed by atoms with E-state index in [0.29, 0.717) is 29.0 Å². The maximum atomic E-state index is 5.88. The molecule has 1 heterocycles. The third kappa shape index (κ3) is 3.54. The SMILES string of the molecule is NC/C=C/CNc1ncc(Cl)cc1Cl. The standard InChI is InChI=1S/C9H11Cl2N3/c10-7-5-8(11)9(14-6-7)13-4-2-1-3-12/h1-2,5-6H,3-4,12H2,(H,13,14)/b2-1+. The molecule has 76 valence electrons. The molecular formula is C9H11Cl2N3. The summed E-state index contributed by atoms with van der Waals surface area (Å²) >= 11 is 11.6. The molecule has 0 atom stereocenters. The zero-order chi connectivity index (χ0) is 10.4. The quantitative estimate of drug-likeness (QED) is 0.783. The van der Waals surface area contributed by atoms with E-state index in [4.69, 9.17) is 28.9 Å². The Balaban J connectivity index is 2.55. The van der Waals surface area contributed by atoms with E-state index in [1.807, 2.05) is 12.2 Å². The number of halogens is 2. The summed E-state index contributed by atoms with van der Waals surface area (Å²) < 4.78 is 0. The van der Waals surface area contributed by atoms with Gasteiger partial charge >= 0.3 is 0 Å². The van der Waals surface area contributed by atoms with Crippen molar-refractivity contribution < 1.29 is 0 Å². The van der Waals surface area contributed by atoms with Crippen LogP contribution in [-0.4, -0.2) is 18.1 Å². The summed E-state index contributed by atoms with van der Waals surface area (Å²) in [5.74, 6) is 0.623. The smallest absolute Gasteiger partial charge is 0.145 e. The van der Waals surface area contributed by atoms with Crippen molar-refractivity contribution in [1.82, 2.24) is 4.98 Å². The first kappa shape index (κ1) is 11.3. The van der Waals surface area contributed by atoms with E-state index < -0.39 is 0 Å². The summed E-state index contributed by atoms with van der Waals surface area (Å²) in [6, 6.07) is 1.64. The summed E-state index contributed by atoms with van der Waals surface area (Å²) in [6.07, 6.45) is 5.31. The molecular weight excluding hydrogens is 221 g/mol. The molecule has 1 rings (SSSR count). The van der Waals surface area contributed by atoms with Gasteiger partial charge in [-0.25, -0.2) is 4.98 Å². The van der Waals surface area contributed by atoms with Crippen LogP contribution in [-0.2, 0) is 0 Å². The molecule has 3 nitrogen and oxygen atoms in total. The lowest BCUT2D eigenvalue weighted by molar-refractivity contribution is 1.20. The van der Waals surface area contributed by atoms with Crippen LogP contribution in [0.5, 0.6) is 0 Å². The number of nitrogens with one attached hydrogen (secondary N) is 1. The van der Waals surface area contributed by atoms with Gasteiger partial charge in [-0.1, -0.05) is 35.4 Å². The molecule has 3 N–H and O–H groups in total. The van der Waals surface area contributed by atoms with Crippen LogP contribution < -0.4 is 11.1 Å². The van der Waals surface area contributed by atoms with E-state index in [2.05, 4.69) is 10.3 Å². The minimum Gasteiger partial charge on any atom is -0.365 e. The van der Waals surface area contributed by atoms with Crippen molar-refractivity contribution in [2.45, 2.75) is 0 Å². The number of anilines is 1. The second-order valence-corrected chi connectivity index (χ2v) is 3.42. The Hall–Kier alpha value is -0.770. The average Bonchev–Trinajstić information content (AvgIpc) is 2.15. The monoisotopic (exact) mass is 231 g/mol. The third-order valence-corrected chi connectivity index (χ3v) is 1.99. The van der Waals surface area contributed by atoms with Crippen LogP contribution in [0.25, 0.3) is 0 Å². The largest absolute Gasteiger partial charge is 0.365 e. The van der Waals surface area contributed by atoms with Gasteiger partial charge in [-0.3, -0.25) is 0 Å². The van der Waals surface area contributed by atoms with Crippen LogP contribution >= 0.6 is 23.2 Å². The highest BCUT2D eigenvalue weighted by Crippen LogP contribution is 2.21. The van der Waals surface area contributed by atoms with Crippen molar-refractivity contribution in [1.29, 1.82) is 0 Å². The molecule has 5 heteroatoms. The number of nitrogens with zero attached hydrogens (tertiary/aromatic N) is 1. The lowest BCUT2D eigenvalue weighted by atomic mass is 10.4. The number of pyridine rings is 1. The summed E-state index contributed by atoms with van der Waals surface area (Å²) in [5.41, 5.74) is 5.28. The predicted octanol–water partition coefficient (Wildman–Crippen LogP) is 2.32. The molecule has 0 aliphatic carbocycles. The van der Waals surface area contributed by atoms with Crippen molar-refractivity contribution in [2.24, 2.45) is 5.73 Å². The number of aromatic nitrogens is 1. The molecule has 0 spiro atoms. The molecule has 0 saturated carbocycles. The first-order valence-corrected chi connectivity index (χ1v) is 4.89. The Morgan fingerprint density at radius 2 is 2.21 bits per heavy atom. The van der Waals surface area contributed by atoms with E-state index in [-0.39, 0.29) is 0 Å². The highest BCUT2D eigenvalue weighted by molar-refractivity contribution is 6.35. The number of hydrogen-bond acceptors (Lipinski definition) is 3. The van der Waals surface area contributed by atoms with E-state index in [1.165, 1.54) is 0 Å². The van der Waals surface area contributed by atoms with E-state index in [0.717, 1.165) is 0 Å². The molecule has 0 amide bonds. The van der Waals surface area contributed by atoms with Crippen molar-refractivity contribution >= 4 is 29.0 Å². The molecule has 0 aromatic carbocycles. The maximum absolute atomic E-state index is 5.88. The summed E-state index contributed by atoms with van der Waals surface area (Å²) in [7, 11) is 0. The van der Waals surface area contributed by atoms with Crippen molar-refractivity contribution in [3.8, 4) is 0 Å². The van der Waals surface area contributed by atoms with E-state index in [9.17, 15) is 0 Å². The van der Waals surface area contributed by atoms with Gasteiger partial charge in [0.15, 0.2) is 0 Å². The first-order valence-electron chi connectivity index (χ1n) is 4.14. The van der Waals surface area contributed by atoms with Crippen molar-refractivity contribution in [3.05, 3.63) is 34.5 Å². The summed E-state index contributed by atoms with van der Waals surface area (Å²) in [5, 5.41) is 4.07. The Morgan fingerprint density at radius 3 is 2.86 bits per heavy atom. The Morgan fingerprint density at radius 1 is 1.43 bits per heavy atom. The normalized spacial score (nSPS) is 10.8. The number of rotatable bonds is 4. The lowest BCUT2D eigenvalue weighted by Crippen LogP contribution is -2.02. The van der Waals surface area contributed by atoms with Gasteiger partial charge < -0.3 is 11.1 Å². The molecule has 0 aliphatic heterocycles. The van der Waals surface area contributed by atoms with Crippen LogP contribution in [0.2, 0.25) is 10.0 Å². The van der Waals surface area contributed by atoms with Crippen molar-refractivity contribution in [2.75, 3.05) is 18.4 Å². The average molecular weight is 232 g/mol. The van der Waals surface area contributed by atoms with Crippen LogP contribution in [0.1, 0.15) is 0 Å². The third-order valence-electron chi connectivity index (χ3n) is 1.50. The van der Waals surface area contributed by atoms with Crippen LogP contribution in [0, 0.1) is 0 Å². The van der Waals surface area contributed by atoms with E-state index in [1.54, 1.807) is 12.3 Å². The summed E-state index contributed by atoms with van der Waals surface area (Å²) in [4.78, 5) is 4.04. The lowest BCUT2D eigenvalue weighted by Gasteiger charge is -2.04. The zero-order valence-corrected chi connectivity index (χ0v) is 9.02. The Labute approximate surface area is 92.9 Å². The fraction of sp³-hybridized carbons (Fsp3) is 0.222. The van der Waals surface area contributed by atoms with Gasteiger partial charge in [0.25, 0.3) is 0 Å². The van der Waals surface area contributed by atoms with Crippen LogP contribution in [0.3, 0.4) is 0 Å². The van der Waals surface area contributed by atoms with Gasteiger partial charge in [0.1, 0.15) is 5.82 Å². The minimum absolute atomic E-state index is 0.513. The zero-order valence-electron chi connectivity index (χ0n) is 7.50. The van der Waals surface area contributed by atoms with Gasteiger partial charge in [-0.05, 0) is 6.07 Å². The Kier molecular flexibility index (Phi) is 4.73. The fourth-order valence-electron chi connectivity index (χ4n) is 0.880. The predicted molar refractivity (Wildman–Crippen MR) is 60.9 cm³/mol.